The Hall–Kier alpha value is -2.44. The Bertz CT molecular complexity index is 624. The molecule has 0 bridgehead atoms. The van der Waals surface area contributed by atoms with Gasteiger partial charge in [-0.05, 0) is 24.6 Å². The van der Waals surface area contributed by atoms with Crippen LogP contribution in [0.2, 0.25) is 0 Å². The second kappa shape index (κ2) is 7.21. The SMILES string of the molecule is C[C@@H](Cn1cncn1)NC(=O)NCC(C)(C)c1ccc(F)cc1. The highest BCUT2D eigenvalue weighted by molar-refractivity contribution is 5.74. The second-order valence-corrected chi connectivity index (χ2v) is 6.24. The number of aromatic nitrogens is 3. The van der Waals surface area contributed by atoms with E-state index in [2.05, 4.69) is 20.7 Å². The Morgan fingerprint density at radius 2 is 2.04 bits per heavy atom. The van der Waals surface area contributed by atoms with Gasteiger partial charge in [0.1, 0.15) is 18.5 Å². The molecule has 0 unspecified atom stereocenters. The fourth-order valence-electron chi connectivity index (χ4n) is 2.23. The quantitative estimate of drug-likeness (QED) is 0.856. The van der Waals surface area contributed by atoms with Crippen LogP contribution < -0.4 is 10.6 Å². The number of benzene rings is 1. The summed E-state index contributed by atoms with van der Waals surface area (Å²) in [7, 11) is 0. The lowest BCUT2D eigenvalue weighted by Gasteiger charge is -2.26. The summed E-state index contributed by atoms with van der Waals surface area (Å²) in [6.07, 6.45) is 3.06. The van der Waals surface area contributed by atoms with E-state index in [1.54, 1.807) is 23.1 Å². The average Bonchev–Trinajstić information content (AvgIpc) is 2.98. The van der Waals surface area contributed by atoms with E-state index in [0.29, 0.717) is 13.1 Å². The molecule has 0 spiro atoms. The molecule has 7 heteroatoms. The zero-order valence-electron chi connectivity index (χ0n) is 13.6. The standard InChI is InChI=1S/C16H22FN5O/c1-12(8-22-11-18-10-20-22)21-15(23)19-9-16(2,3)13-4-6-14(17)7-5-13/h4-7,10-12H,8-9H2,1-3H3,(H2,19,21,23)/t12-/m0/s1. The van der Waals surface area contributed by atoms with Crippen LogP contribution in [0.5, 0.6) is 0 Å². The third-order valence-corrected chi connectivity index (χ3v) is 3.62. The number of rotatable bonds is 6. The molecular weight excluding hydrogens is 297 g/mol. The van der Waals surface area contributed by atoms with E-state index in [-0.39, 0.29) is 23.3 Å². The molecule has 0 aliphatic heterocycles. The summed E-state index contributed by atoms with van der Waals surface area (Å²) in [5.74, 6) is -0.266. The van der Waals surface area contributed by atoms with Gasteiger partial charge < -0.3 is 10.6 Å². The number of carbonyl (C=O) groups is 1. The van der Waals surface area contributed by atoms with Gasteiger partial charge in [0.15, 0.2) is 0 Å². The molecule has 0 fully saturated rings. The monoisotopic (exact) mass is 319 g/mol. The van der Waals surface area contributed by atoms with Gasteiger partial charge in [-0.3, -0.25) is 4.68 Å². The van der Waals surface area contributed by atoms with Crippen molar-refractivity contribution in [2.24, 2.45) is 0 Å². The van der Waals surface area contributed by atoms with Crippen molar-refractivity contribution in [2.45, 2.75) is 38.8 Å². The fraction of sp³-hybridized carbons (Fsp3) is 0.438. The van der Waals surface area contributed by atoms with E-state index in [0.717, 1.165) is 5.56 Å². The molecule has 2 N–H and O–H groups in total. The molecule has 23 heavy (non-hydrogen) atoms. The minimum atomic E-state index is -0.291. The molecule has 1 aromatic heterocycles. The molecule has 1 atom stereocenters. The number of hydrogen-bond acceptors (Lipinski definition) is 3. The maximum Gasteiger partial charge on any atom is 0.315 e. The Morgan fingerprint density at radius 1 is 1.35 bits per heavy atom. The van der Waals surface area contributed by atoms with Gasteiger partial charge >= 0.3 is 6.03 Å². The average molecular weight is 319 g/mol. The van der Waals surface area contributed by atoms with E-state index in [9.17, 15) is 9.18 Å². The highest BCUT2D eigenvalue weighted by atomic mass is 19.1. The van der Waals surface area contributed by atoms with E-state index in [1.807, 2.05) is 20.8 Å². The predicted molar refractivity (Wildman–Crippen MR) is 85.4 cm³/mol. The first-order valence-corrected chi connectivity index (χ1v) is 7.49. The summed E-state index contributed by atoms with van der Waals surface area (Å²) in [5, 5.41) is 9.71. The molecule has 6 nitrogen and oxygen atoms in total. The van der Waals surface area contributed by atoms with Crippen molar-refractivity contribution >= 4 is 6.03 Å². The second-order valence-electron chi connectivity index (χ2n) is 6.24. The number of nitrogens with one attached hydrogen (secondary N) is 2. The van der Waals surface area contributed by atoms with Gasteiger partial charge in [0.25, 0.3) is 0 Å². The van der Waals surface area contributed by atoms with Crippen molar-refractivity contribution in [3.63, 3.8) is 0 Å². The molecule has 0 aliphatic carbocycles. The molecule has 2 amide bonds. The number of hydrogen-bond donors (Lipinski definition) is 2. The highest BCUT2D eigenvalue weighted by Gasteiger charge is 2.21. The van der Waals surface area contributed by atoms with Crippen LogP contribution in [-0.4, -0.2) is 33.4 Å². The highest BCUT2D eigenvalue weighted by Crippen LogP contribution is 2.22. The largest absolute Gasteiger partial charge is 0.337 e. The summed E-state index contributed by atoms with van der Waals surface area (Å²) >= 11 is 0. The van der Waals surface area contributed by atoms with Gasteiger partial charge in [-0.1, -0.05) is 26.0 Å². The Labute approximate surface area is 135 Å². The summed E-state index contributed by atoms with van der Waals surface area (Å²) in [6.45, 7) is 6.89. The third kappa shape index (κ3) is 5.05. The van der Waals surface area contributed by atoms with Crippen LogP contribution in [0.25, 0.3) is 0 Å². The molecule has 0 radical (unpaired) electrons. The van der Waals surface area contributed by atoms with Crippen LogP contribution in [0.15, 0.2) is 36.9 Å². The number of amides is 2. The van der Waals surface area contributed by atoms with Crippen molar-refractivity contribution in [3.05, 3.63) is 48.3 Å². The lowest BCUT2D eigenvalue weighted by atomic mass is 9.84. The lowest BCUT2D eigenvalue weighted by Crippen LogP contribution is -2.46. The molecule has 1 heterocycles. The van der Waals surface area contributed by atoms with Crippen LogP contribution in [0.4, 0.5) is 9.18 Å². The van der Waals surface area contributed by atoms with E-state index in [1.165, 1.54) is 18.5 Å². The van der Waals surface area contributed by atoms with Crippen molar-refractivity contribution in [3.8, 4) is 0 Å². The van der Waals surface area contributed by atoms with Crippen LogP contribution in [-0.2, 0) is 12.0 Å². The number of halogens is 1. The number of urea groups is 1. The summed E-state index contributed by atoms with van der Waals surface area (Å²) in [5.41, 5.74) is 0.676. The zero-order chi connectivity index (χ0) is 16.9. The van der Waals surface area contributed by atoms with Crippen LogP contribution in [0, 0.1) is 5.82 Å². The summed E-state index contributed by atoms with van der Waals surface area (Å²) < 4.78 is 14.7. The zero-order valence-corrected chi connectivity index (χ0v) is 13.6. The minimum Gasteiger partial charge on any atom is -0.337 e. The summed E-state index contributed by atoms with van der Waals surface area (Å²) in [6, 6.07) is 6.01. The van der Waals surface area contributed by atoms with E-state index in [4.69, 9.17) is 0 Å². The van der Waals surface area contributed by atoms with Gasteiger partial charge in [-0.15, -0.1) is 0 Å². The Balaban J connectivity index is 1.82. The normalized spacial score (nSPS) is 12.7. The van der Waals surface area contributed by atoms with Gasteiger partial charge in [-0.2, -0.15) is 5.10 Å². The smallest absolute Gasteiger partial charge is 0.315 e. The van der Waals surface area contributed by atoms with Crippen molar-refractivity contribution < 1.29 is 9.18 Å². The molecule has 2 rings (SSSR count). The lowest BCUT2D eigenvalue weighted by molar-refractivity contribution is 0.233. The Morgan fingerprint density at radius 3 is 2.65 bits per heavy atom. The van der Waals surface area contributed by atoms with Gasteiger partial charge in [-0.25, -0.2) is 14.2 Å². The number of carbonyl (C=O) groups excluding carboxylic acids is 1. The molecule has 124 valence electrons. The first-order valence-electron chi connectivity index (χ1n) is 7.49. The maximum atomic E-state index is 13.0. The van der Waals surface area contributed by atoms with Crippen molar-refractivity contribution in [1.82, 2.24) is 25.4 Å². The van der Waals surface area contributed by atoms with Gasteiger partial charge in [0, 0.05) is 18.0 Å². The van der Waals surface area contributed by atoms with Crippen molar-refractivity contribution in [1.29, 1.82) is 0 Å². The van der Waals surface area contributed by atoms with E-state index < -0.39 is 0 Å². The Kier molecular flexibility index (Phi) is 5.31. The van der Waals surface area contributed by atoms with Gasteiger partial charge in [0.2, 0.25) is 0 Å². The third-order valence-electron chi connectivity index (χ3n) is 3.62. The molecule has 1 aromatic carbocycles. The predicted octanol–water partition coefficient (Wildman–Crippen LogP) is 2.08. The van der Waals surface area contributed by atoms with Gasteiger partial charge in [0.05, 0.1) is 6.54 Å². The van der Waals surface area contributed by atoms with Crippen molar-refractivity contribution in [2.75, 3.05) is 6.54 Å². The van der Waals surface area contributed by atoms with Crippen LogP contribution >= 0.6 is 0 Å². The topological polar surface area (TPSA) is 71.8 Å². The summed E-state index contributed by atoms with van der Waals surface area (Å²) in [4.78, 5) is 15.8. The number of nitrogens with zero attached hydrogens (tertiary/aromatic N) is 3. The maximum absolute atomic E-state index is 13.0. The molecule has 0 saturated heterocycles. The molecule has 0 saturated carbocycles. The molecular formula is C16H22FN5O. The molecule has 0 aliphatic rings. The minimum absolute atomic E-state index is 0.0781. The van der Waals surface area contributed by atoms with E-state index >= 15 is 0 Å². The first-order chi connectivity index (χ1) is 10.9. The molecule has 2 aromatic rings. The van der Waals surface area contributed by atoms with Crippen LogP contribution in [0.3, 0.4) is 0 Å². The van der Waals surface area contributed by atoms with Crippen LogP contribution in [0.1, 0.15) is 26.3 Å². The fourth-order valence-corrected chi connectivity index (χ4v) is 2.23. The first kappa shape index (κ1) is 16.9.